The number of nitrogens with zero attached hydrogens (tertiary/aromatic N) is 1. The van der Waals surface area contributed by atoms with Crippen molar-refractivity contribution < 1.29 is 17.7 Å². The van der Waals surface area contributed by atoms with Crippen molar-refractivity contribution in [3.05, 3.63) is 23.9 Å². The normalized spacial score (nSPS) is 11.4. The topological polar surface area (TPSA) is 22.1 Å². The molecule has 0 radical (unpaired) electrons. The number of aromatic nitrogens is 1. The Morgan fingerprint density at radius 1 is 1.38 bits per heavy atom. The molecule has 0 bridgehead atoms. The summed E-state index contributed by atoms with van der Waals surface area (Å²) in [5.41, 5.74) is -0.00755. The van der Waals surface area contributed by atoms with Crippen LogP contribution in [-0.2, 0) is 6.32 Å². The van der Waals surface area contributed by atoms with Gasteiger partial charge in [-0.15, -0.1) is 0 Å². The minimum Gasteiger partial charge on any atom is -0.481 e. The predicted octanol–water partition coefficient (Wildman–Crippen LogP) is 2.02. The maximum atomic E-state index is 12.0. The molecule has 13 heavy (non-hydrogen) atoms. The van der Waals surface area contributed by atoms with Crippen LogP contribution in [0.15, 0.2) is 18.2 Å². The number of halogens is 3. The first-order valence-corrected chi connectivity index (χ1v) is 3.72. The van der Waals surface area contributed by atoms with Gasteiger partial charge in [-0.3, -0.25) is 0 Å². The first kappa shape index (κ1) is 9.89. The molecule has 0 aliphatic rings. The van der Waals surface area contributed by atoms with Gasteiger partial charge in [0.2, 0.25) is 5.88 Å². The standard InChI is InChI=1S/C7H8BF3NO/c1-13-7-4-2-3-6(12-7)5-8(9,10)11/h2-4H,5H2,1H3/q-1. The third-order valence-electron chi connectivity index (χ3n) is 1.43. The van der Waals surface area contributed by atoms with Gasteiger partial charge < -0.3 is 17.7 Å². The van der Waals surface area contributed by atoms with Crippen molar-refractivity contribution in [2.75, 3.05) is 7.11 Å². The number of pyridine rings is 1. The van der Waals surface area contributed by atoms with Gasteiger partial charge >= 0.3 is 6.98 Å². The number of rotatable bonds is 3. The van der Waals surface area contributed by atoms with Gasteiger partial charge in [0.1, 0.15) is 0 Å². The molecule has 0 aromatic carbocycles. The molecule has 0 saturated heterocycles. The van der Waals surface area contributed by atoms with Gasteiger partial charge in [0, 0.05) is 11.8 Å². The van der Waals surface area contributed by atoms with Crippen molar-refractivity contribution >= 4 is 6.98 Å². The molecule has 1 rings (SSSR count). The fourth-order valence-corrected chi connectivity index (χ4v) is 0.922. The van der Waals surface area contributed by atoms with Crippen molar-refractivity contribution in [3.63, 3.8) is 0 Å². The third kappa shape index (κ3) is 3.35. The van der Waals surface area contributed by atoms with E-state index in [0.717, 1.165) is 0 Å². The lowest BCUT2D eigenvalue weighted by Gasteiger charge is -2.12. The average Bonchev–Trinajstić information content (AvgIpc) is 2.01. The first-order chi connectivity index (χ1) is 6.01. The van der Waals surface area contributed by atoms with Gasteiger partial charge in [0.15, 0.2) is 0 Å². The second-order valence-corrected chi connectivity index (χ2v) is 2.59. The van der Waals surface area contributed by atoms with E-state index in [9.17, 15) is 12.9 Å². The first-order valence-electron chi connectivity index (χ1n) is 3.72. The highest BCUT2D eigenvalue weighted by atomic mass is 19.4. The summed E-state index contributed by atoms with van der Waals surface area (Å²) in [4.78, 5) is 3.65. The summed E-state index contributed by atoms with van der Waals surface area (Å²) in [6.45, 7) is -4.82. The maximum Gasteiger partial charge on any atom is 0.484 e. The van der Waals surface area contributed by atoms with Crippen LogP contribution in [0.25, 0.3) is 0 Å². The van der Waals surface area contributed by atoms with E-state index >= 15 is 0 Å². The quantitative estimate of drug-likeness (QED) is 0.680. The summed E-state index contributed by atoms with van der Waals surface area (Å²) < 4.78 is 40.6. The molecule has 0 fully saturated rings. The lowest BCUT2D eigenvalue weighted by Crippen LogP contribution is -2.20. The Kier molecular flexibility index (Phi) is 2.80. The number of hydrogen-bond acceptors (Lipinski definition) is 2. The van der Waals surface area contributed by atoms with Gasteiger partial charge in [-0.25, -0.2) is 4.98 Å². The largest absolute Gasteiger partial charge is 0.484 e. The second kappa shape index (κ2) is 3.68. The van der Waals surface area contributed by atoms with Crippen LogP contribution in [0.4, 0.5) is 12.9 Å². The fraction of sp³-hybridized carbons (Fsp3) is 0.286. The molecule has 0 N–H and O–H groups in total. The van der Waals surface area contributed by atoms with Crippen LogP contribution in [0.5, 0.6) is 5.88 Å². The van der Waals surface area contributed by atoms with Crippen LogP contribution < -0.4 is 4.74 Å². The van der Waals surface area contributed by atoms with Crippen molar-refractivity contribution in [3.8, 4) is 5.88 Å². The van der Waals surface area contributed by atoms with E-state index in [-0.39, 0.29) is 11.6 Å². The zero-order chi connectivity index (χ0) is 9.90. The number of methoxy groups -OCH3 is 1. The van der Waals surface area contributed by atoms with Crippen molar-refractivity contribution in [1.82, 2.24) is 4.98 Å². The highest BCUT2D eigenvalue weighted by molar-refractivity contribution is 6.57. The zero-order valence-corrected chi connectivity index (χ0v) is 7.01. The molecular weight excluding hydrogens is 182 g/mol. The summed E-state index contributed by atoms with van der Waals surface area (Å²) >= 11 is 0. The molecule has 0 amide bonds. The van der Waals surface area contributed by atoms with Crippen LogP contribution in [0.3, 0.4) is 0 Å². The number of hydrogen-bond donors (Lipinski definition) is 0. The van der Waals surface area contributed by atoms with E-state index < -0.39 is 13.3 Å². The summed E-state index contributed by atoms with van der Waals surface area (Å²) in [6, 6.07) is 4.33. The highest BCUT2D eigenvalue weighted by Gasteiger charge is 2.23. The molecule has 1 heterocycles. The molecule has 0 aliphatic heterocycles. The Labute approximate surface area is 73.8 Å². The van der Waals surface area contributed by atoms with Gasteiger partial charge in [0.25, 0.3) is 0 Å². The Bertz CT molecular complexity index is 289. The van der Waals surface area contributed by atoms with Crippen molar-refractivity contribution in [1.29, 1.82) is 0 Å². The molecule has 0 aliphatic carbocycles. The fourth-order valence-electron chi connectivity index (χ4n) is 0.922. The van der Waals surface area contributed by atoms with E-state index in [0.29, 0.717) is 0 Å². The van der Waals surface area contributed by atoms with Gasteiger partial charge in [-0.1, -0.05) is 6.07 Å². The van der Waals surface area contributed by atoms with Gasteiger partial charge in [0.05, 0.1) is 7.11 Å². The van der Waals surface area contributed by atoms with E-state index in [2.05, 4.69) is 4.98 Å². The minimum absolute atomic E-state index is 0.00755. The average molecular weight is 190 g/mol. The van der Waals surface area contributed by atoms with Crippen molar-refractivity contribution in [2.45, 2.75) is 6.32 Å². The predicted molar refractivity (Wildman–Crippen MR) is 43.6 cm³/mol. The Hall–Kier alpha value is -1.20. The molecule has 0 atom stereocenters. The summed E-state index contributed by atoms with van der Waals surface area (Å²) in [5, 5.41) is 0. The lowest BCUT2D eigenvalue weighted by molar-refractivity contribution is 0.395. The molecule has 6 heteroatoms. The lowest BCUT2D eigenvalue weighted by atomic mass is 9.84. The van der Waals surface area contributed by atoms with Crippen molar-refractivity contribution in [2.24, 2.45) is 0 Å². The molecule has 0 spiro atoms. The van der Waals surface area contributed by atoms with Crippen LogP contribution >= 0.6 is 0 Å². The molecule has 2 nitrogen and oxygen atoms in total. The molecular formula is C7H8BF3NO-. The summed E-state index contributed by atoms with van der Waals surface area (Å²) in [6.07, 6.45) is -0.961. The summed E-state index contributed by atoms with van der Waals surface area (Å²) in [5.74, 6) is 0.206. The van der Waals surface area contributed by atoms with Gasteiger partial charge in [-0.05, 0) is 12.4 Å². The van der Waals surface area contributed by atoms with Crippen LogP contribution in [-0.4, -0.2) is 19.1 Å². The van der Waals surface area contributed by atoms with E-state index in [4.69, 9.17) is 4.74 Å². The molecule has 0 saturated carbocycles. The monoisotopic (exact) mass is 190 g/mol. The van der Waals surface area contributed by atoms with Crippen LogP contribution in [0.2, 0.25) is 0 Å². The Morgan fingerprint density at radius 2 is 2.08 bits per heavy atom. The van der Waals surface area contributed by atoms with E-state index in [1.54, 1.807) is 0 Å². The number of ether oxygens (including phenoxy) is 1. The van der Waals surface area contributed by atoms with Gasteiger partial charge in [-0.2, -0.15) is 0 Å². The summed E-state index contributed by atoms with van der Waals surface area (Å²) in [7, 11) is 1.37. The Morgan fingerprint density at radius 3 is 2.62 bits per heavy atom. The third-order valence-corrected chi connectivity index (χ3v) is 1.43. The second-order valence-electron chi connectivity index (χ2n) is 2.59. The molecule has 1 aromatic heterocycles. The highest BCUT2D eigenvalue weighted by Crippen LogP contribution is 2.16. The van der Waals surface area contributed by atoms with E-state index in [1.165, 1.54) is 25.3 Å². The van der Waals surface area contributed by atoms with Crippen LogP contribution in [0, 0.1) is 0 Å². The Balaban J connectivity index is 2.78. The molecule has 1 aromatic rings. The van der Waals surface area contributed by atoms with E-state index in [1.807, 2.05) is 0 Å². The maximum absolute atomic E-state index is 12.0. The smallest absolute Gasteiger partial charge is 0.481 e. The molecule has 72 valence electrons. The van der Waals surface area contributed by atoms with Crippen LogP contribution in [0.1, 0.15) is 5.69 Å². The zero-order valence-electron chi connectivity index (χ0n) is 7.01. The SMILES string of the molecule is COc1cccc(C[B-](F)(F)F)n1. The minimum atomic E-state index is -4.82. The molecule has 0 unspecified atom stereocenters.